The molecule has 1 saturated heterocycles. The fourth-order valence-electron chi connectivity index (χ4n) is 2.85. The minimum Gasteiger partial charge on any atom is -0.496 e. The summed E-state index contributed by atoms with van der Waals surface area (Å²) < 4.78 is 5.28. The van der Waals surface area contributed by atoms with Gasteiger partial charge in [0.25, 0.3) is 0 Å². The molecular weight excluding hydrogens is 322 g/mol. The predicted molar refractivity (Wildman–Crippen MR) is 93.0 cm³/mol. The van der Waals surface area contributed by atoms with Crippen LogP contribution in [0.4, 0.5) is 0 Å². The van der Waals surface area contributed by atoms with Gasteiger partial charge < -0.3 is 19.9 Å². The summed E-state index contributed by atoms with van der Waals surface area (Å²) in [6, 6.07) is 6.98. The zero-order valence-electron chi connectivity index (χ0n) is 14.9. The summed E-state index contributed by atoms with van der Waals surface area (Å²) in [5.41, 5.74) is 0.802. The second-order valence-corrected chi connectivity index (χ2v) is 6.15. The number of rotatable bonds is 6. The van der Waals surface area contributed by atoms with E-state index >= 15 is 0 Å². The summed E-state index contributed by atoms with van der Waals surface area (Å²) in [6.07, 6.45) is 1.42. The molecule has 7 nitrogen and oxygen atoms in total. The third kappa shape index (κ3) is 4.71. The van der Waals surface area contributed by atoms with Crippen LogP contribution < -0.4 is 10.1 Å². The number of carbonyl (C=O) groups excluding carboxylic acids is 3. The fourth-order valence-corrected chi connectivity index (χ4v) is 2.85. The second kappa shape index (κ2) is 8.50. The van der Waals surface area contributed by atoms with Crippen LogP contribution in [0.1, 0.15) is 31.4 Å². The Morgan fingerprint density at radius 1 is 1.36 bits per heavy atom. The van der Waals surface area contributed by atoms with Crippen LogP contribution in [0.15, 0.2) is 24.3 Å². The van der Waals surface area contributed by atoms with Crippen molar-refractivity contribution < 1.29 is 19.1 Å². The molecule has 1 atom stereocenters. The van der Waals surface area contributed by atoms with E-state index in [0.29, 0.717) is 25.3 Å². The number of para-hydroxylation sites is 1. The summed E-state index contributed by atoms with van der Waals surface area (Å²) in [5.74, 6) is -0.527. The highest BCUT2D eigenvalue weighted by Crippen LogP contribution is 2.24. The Morgan fingerprint density at radius 3 is 2.72 bits per heavy atom. The summed E-state index contributed by atoms with van der Waals surface area (Å²) in [7, 11) is 3.13. The predicted octanol–water partition coefficient (Wildman–Crippen LogP) is 0.953. The molecule has 7 heteroatoms. The molecule has 0 bridgehead atoms. The van der Waals surface area contributed by atoms with E-state index < -0.39 is 11.8 Å². The molecule has 1 fully saturated rings. The minimum absolute atomic E-state index is 0.107. The van der Waals surface area contributed by atoms with E-state index in [1.165, 1.54) is 4.90 Å². The maximum atomic E-state index is 12.2. The highest BCUT2D eigenvalue weighted by atomic mass is 16.5. The lowest BCUT2D eigenvalue weighted by Gasteiger charge is -2.22. The molecule has 1 aromatic rings. The van der Waals surface area contributed by atoms with Gasteiger partial charge in [-0.2, -0.15) is 0 Å². The molecule has 0 saturated carbocycles. The van der Waals surface area contributed by atoms with Gasteiger partial charge in [-0.05, 0) is 19.4 Å². The van der Waals surface area contributed by atoms with E-state index in [1.807, 2.05) is 18.2 Å². The summed E-state index contributed by atoms with van der Waals surface area (Å²) >= 11 is 0. The fraction of sp³-hybridized carbons (Fsp3) is 0.500. The lowest BCUT2D eigenvalue weighted by atomic mass is 10.1. The Kier molecular flexibility index (Phi) is 6.38. The van der Waals surface area contributed by atoms with Gasteiger partial charge >= 0.3 is 11.8 Å². The molecule has 2 rings (SSSR count). The molecule has 136 valence electrons. The van der Waals surface area contributed by atoms with Crippen molar-refractivity contribution in [3.63, 3.8) is 0 Å². The molecule has 1 unspecified atom stereocenters. The average molecular weight is 347 g/mol. The maximum Gasteiger partial charge on any atom is 0.311 e. The Hall–Kier alpha value is -2.57. The van der Waals surface area contributed by atoms with Crippen LogP contribution in [-0.2, 0) is 14.4 Å². The van der Waals surface area contributed by atoms with Gasteiger partial charge in [-0.3, -0.25) is 14.4 Å². The highest BCUT2D eigenvalue weighted by Gasteiger charge is 2.24. The van der Waals surface area contributed by atoms with Crippen molar-refractivity contribution in [2.24, 2.45) is 0 Å². The van der Waals surface area contributed by atoms with E-state index in [4.69, 9.17) is 4.74 Å². The minimum atomic E-state index is -0.673. The molecule has 1 aliphatic heterocycles. The quantitative estimate of drug-likeness (QED) is 0.777. The van der Waals surface area contributed by atoms with Crippen molar-refractivity contribution in [3.05, 3.63) is 29.8 Å². The maximum absolute atomic E-state index is 12.2. The number of amides is 3. The van der Waals surface area contributed by atoms with Gasteiger partial charge in [0.15, 0.2) is 0 Å². The molecule has 0 radical (unpaired) electrons. The number of nitrogens with zero attached hydrogens (tertiary/aromatic N) is 2. The molecule has 1 N–H and O–H groups in total. The van der Waals surface area contributed by atoms with Crippen LogP contribution >= 0.6 is 0 Å². The first-order valence-corrected chi connectivity index (χ1v) is 8.40. The van der Waals surface area contributed by atoms with Crippen LogP contribution in [0.5, 0.6) is 5.75 Å². The first kappa shape index (κ1) is 18.8. The lowest BCUT2D eigenvalue weighted by molar-refractivity contribution is -0.145. The Labute approximate surface area is 147 Å². The number of hydrogen-bond acceptors (Lipinski definition) is 4. The number of likely N-dealkylation sites (N-methyl/N-ethyl adjacent to an activating group) is 1. The third-order valence-corrected chi connectivity index (χ3v) is 4.37. The van der Waals surface area contributed by atoms with Gasteiger partial charge in [0.2, 0.25) is 5.91 Å². The lowest BCUT2D eigenvalue weighted by Crippen LogP contribution is -2.44. The number of ether oxygens (including phenoxy) is 1. The van der Waals surface area contributed by atoms with Crippen molar-refractivity contribution in [2.45, 2.75) is 25.8 Å². The summed E-state index contributed by atoms with van der Waals surface area (Å²) in [4.78, 5) is 39.1. The number of hydrogen-bond donors (Lipinski definition) is 1. The largest absolute Gasteiger partial charge is 0.496 e. The van der Waals surface area contributed by atoms with Gasteiger partial charge in [-0.25, -0.2) is 0 Å². The van der Waals surface area contributed by atoms with Crippen LogP contribution in [0.2, 0.25) is 0 Å². The standard InChI is InChI=1S/C18H25N3O4/c1-13(14-7-4-5-8-15(14)25-3)19-17(23)18(24)20(2)11-12-21-10-6-9-16(21)22/h4-5,7-8,13H,6,9-12H2,1-3H3,(H,19,23). The van der Waals surface area contributed by atoms with E-state index in [1.54, 1.807) is 32.0 Å². The van der Waals surface area contributed by atoms with Gasteiger partial charge in [0.1, 0.15) is 5.75 Å². The van der Waals surface area contributed by atoms with E-state index in [0.717, 1.165) is 18.5 Å². The average Bonchev–Trinajstić information content (AvgIpc) is 3.03. The second-order valence-electron chi connectivity index (χ2n) is 6.15. The number of benzene rings is 1. The molecule has 1 aliphatic rings. The van der Waals surface area contributed by atoms with Crippen LogP contribution in [0, 0.1) is 0 Å². The van der Waals surface area contributed by atoms with Crippen molar-refractivity contribution in [3.8, 4) is 5.75 Å². The zero-order chi connectivity index (χ0) is 18.4. The number of nitrogens with one attached hydrogen (secondary N) is 1. The molecule has 0 aromatic heterocycles. The van der Waals surface area contributed by atoms with Gasteiger partial charge in [-0.15, -0.1) is 0 Å². The summed E-state index contributed by atoms with van der Waals surface area (Å²) in [6.45, 7) is 3.31. The first-order valence-electron chi connectivity index (χ1n) is 8.40. The van der Waals surface area contributed by atoms with Crippen LogP contribution in [0.25, 0.3) is 0 Å². The molecule has 3 amide bonds. The third-order valence-electron chi connectivity index (χ3n) is 4.37. The molecule has 0 aliphatic carbocycles. The van der Waals surface area contributed by atoms with Crippen molar-refractivity contribution in [1.82, 2.24) is 15.1 Å². The van der Waals surface area contributed by atoms with Gasteiger partial charge in [0, 0.05) is 38.7 Å². The number of methoxy groups -OCH3 is 1. The Morgan fingerprint density at radius 2 is 2.08 bits per heavy atom. The van der Waals surface area contributed by atoms with E-state index in [-0.39, 0.29) is 11.9 Å². The van der Waals surface area contributed by atoms with Crippen molar-refractivity contribution in [2.75, 3.05) is 33.8 Å². The van der Waals surface area contributed by atoms with Crippen LogP contribution in [-0.4, -0.2) is 61.3 Å². The number of likely N-dealkylation sites (tertiary alicyclic amines) is 1. The van der Waals surface area contributed by atoms with Gasteiger partial charge in [-0.1, -0.05) is 18.2 Å². The normalized spacial score (nSPS) is 15.0. The Bertz CT molecular complexity index is 647. The van der Waals surface area contributed by atoms with Crippen LogP contribution in [0.3, 0.4) is 0 Å². The Balaban J connectivity index is 1.88. The summed E-state index contributed by atoms with van der Waals surface area (Å²) in [5, 5.41) is 2.70. The molecule has 1 aromatic carbocycles. The molecular formula is C18H25N3O4. The molecule has 1 heterocycles. The smallest absolute Gasteiger partial charge is 0.311 e. The highest BCUT2D eigenvalue weighted by molar-refractivity contribution is 6.35. The van der Waals surface area contributed by atoms with Crippen molar-refractivity contribution in [1.29, 1.82) is 0 Å². The molecule has 25 heavy (non-hydrogen) atoms. The van der Waals surface area contributed by atoms with E-state index in [2.05, 4.69) is 5.32 Å². The topological polar surface area (TPSA) is 79.0 Å². The van der Waals surface area contributed by atoms with Crippen molar-refractivity contribution >= 4 is 17.7 Å². The van der Waals surface area contributed by atoms with Gasteiger partial charge in [0.05, 0.1) is 13.2 Å². The monoisotopic (exact) mass is 347 g/mol. The zero-order valence-corrected chi connectivity index (χ0v) is 14.9. The van der Waals surface area contributed by atoms with E-state index in [9.17, 15) is 14.4 Å². The molecule has 0 spiro atoms. The first-order chi connectivity index (χ1) is 11.9. The number of carbonyl (C=O) groups is 3. The SMILES string of the molecule is COc1ccccc1C(C)NC(=O)C(=O)N(C)CCN1CCCC1=O.